The lowest BCUT2D eigenvalue weighted by Crippen LogP contribution is -2.34. The minimum atomic E-state index is -0.187. The molecule has 150 valence electrons. The predicted octanol–water partition coefficient (Wildman–Crippen LogP) is 3.62. The summed E-state index contributed by atoms with van der Waals surface area (Å²) in [7, 11) is 0. The zero-order chi connectivity index (χ0) is 19.7. The zero-order valence-electron chi connectivity index (χ0n) is 17.1. The van der Waals surface area contributed by atoms with Gasteiger partial charge in [0, 0.05) is 31.2 Å². The summed E-state index contributed by atoms with van der Waals surface area (Å²) < 4.78 is 0. The van der Waals surface area contributed by atoms with E-state index in [0.29, 0.717) is 24.6 Å². The van der Waals surface area contributed by atoms with Crippen LogP contribution in [0.25, 0.3) is 0 Å². The smallest absolute Gasteiger partial charge is 0.233 e. The van der Waals surface area contributed by atoms with Crippen LogP contribution in [0, 0.1) is 11.3 Å². The molecule has 5 nitrogen and oxygen atoms in total. The van der Waals surface area contributed by atoms with E-state index in [1.54, 1.807) is 0 Å². The fourth-order valence-corrected chi connectivity index (χ4v) is 3.48. The highest BCUT2D eigenvalue weighted by molar-refractivity contribution is 7.99. The third-order valence-corrected chi connectivity index (χ3v) is 6.14. The Hall–Kier alpha value is -1.04. The van der Waals surface area contributed by atoms with E-state index in [0.717, 1.165) is 38.6 Å². The van der Waals surface area contributed by atoms with Crippen molar-refractivity contribution < 1.29 is 14.4 Å². The van der Waals surface area contributed by atoms with Crippen molar-refractivity contribution in [1.29, 1.82) is 0 Å². The maximum absolute atomic E-state index is 12.4. The van der Waals surface area contributed by atoms with Gasteiger partial charge in [-0.2, -0.15) is 11.8 Å². The molecule has 0 bridgehead atoms. The molecule has 0 spiro atoms. The quantitative estimate of drug-likeness (QED) is 0.436. The summed E-state index contributed by atoms with van der Waals surface area (Å²) in [6.45, 7) is 9.46. The van der Waals surface area contributed by atoms with E-state index >= 15 is 0 Å². The number of nitrogens with zero attached hydrogens (tertiary/aromatic N) is 1. The Balaban J connectivity index is 2.13. The molecule has 3 amide bonds. The number of hydrogen-bond donors (Lipinski definition) is 1. The highest BCUT2D eigenvalue weighted by Crippen LogP contribution is 2.35. The Kier molecular flexibility index (Phi) is 9.69. The van der Waals surface area contributed by atoms with E-state index in [1.807, 2.05) is 32.5 Å². The highest BCUT2D eigenvalue weighted by Gasteiger charge is 2.44. The van der Waals surface area contributed by atoms with Crippen molar-refractivity contribution in [1.82, 2.24) is 10.2 Å². The molecule has 1 aliphatic rings. The second kappa shape index (κ2) is 11.0. The topological polar surface area (TPSA) is 66.5 Å². The molecule has 1 heterocycles. The lowest BCUT2D eigenvalue weighted by Gasteiger charge is -2.24. The molecule has 1 rings (SSSR count). The van der Waals surface area contributed by atoms with Crippen LogP contribution < -0.4 is 5.32 Å². The molecule has 2 unspecified atom stereocenters. The largest absolute Gasteiger partial charge is 0.356 e. The van der Waals surface area contributed by atoms with Crippen molar-refractivity contribution in [2.24, 2.45) is 11.3 Å². The first-order chi connectivity index (χ1) is 12.2. The number of imide groups is 1. The van der Waals surface area contributed by atoms with Crippen LogP contribution in [0.3, 0.4) is 0 Å². The molecule has 1 N–H and O–H groups in total. The molecule has 2 atom stereocenters. The Morgan fingerprint density at radius 1 is 1.23 bits per heavy atom. The lowest BCUT2D eigenvalue weighted by molar-refractivity contribution is -0.140. The Morgan fingerprint density at radius 2 is 1.88 bits per heavy atom. The van der Waals surface area contributed by atoms with Gasteiger partial charge in [-0.05, 0) is 30.9 Å². The van der Waals surface area contributed by atoms with E-state index in [-0.39, 0.29) is 29.1 Å². The van der Waals surface area contributed by atoms with Gasteiger partial charge in [0.1, 0.15) is 0 Å². The molecule has 0 aliphatic carbocycles. The summed E-state index contributed by atoms with van der Waals surface area (Å²) in [5.41, 5.74) is -0.164. The van der Waals surface area contributed by atoms with Gasteiger partial charge in [0.2, 0.25) is 17.7 Å². The molecular formula is C20H36N2O3S. The molecule has 1 saturated heterocycles. The summed E-state index contributed by atoms with van der Waals surface area (Å²) in [5.74, 6) is -0.112. The number of carbonyl (C=O) groups is 3. The van der Waals surface area contributed by atoms with Crippen molar-refractivity contribution in [2.75, 3.05) is 19.3 Å². The number of nitrogens with one attached hydrogen (secondary N) is 1. The fourth-order valence-electron chi connectivity index (χ4n) is 3.12. The number of hydrogen-bond acceptors (Lipinski definition) is 4. The summed E-state index contributed by atoms with van der Waals surface area (Å²) in [6.07, 6.45) is 7.55. The van der Waals surface area contributed by atoms with Crippen LogP contribution in [0.15, 0.2) is 0 Å². The second-order valence-electron chi connectivity index (χ2n) is 8.36. The number of amides is 3. The molecular weight excluding hydrogens is 348 g/mol. The molecule has 0 aromatic carbocycles. The van der Waals surface area contributed by atoms with Gasteiger partial charge < -0.3 is 5.32 Å². The Labute approximate surface area is 163 Å². The lowest BCUT2D eigenvalue weighted by atomic mass is 9.80. The molecule has 0 aromatic rings. The zero-order valence-corrected chi connectivity index (χ0v) is 17.9. The third kappa shape index (κ3) is 7.68. The number of thioether (sulfide) groups is 1. The minimum absolute atomic E-state index is 0.0126. The summed E-state index contributed by atoms with van der Waals surface area (Å²) in [5, 5.41) is 3.54. The van der Waals surface area contributed by atoms with Gasteiger partial charge in [0.15, 0.2) is 0 Å². The van der Waals surface area contributed by atoms with Crippen molar-refractivity contribution in [3.05, 3.63) is 0 Å². The Bertz CT molecular complexity index is 488. The molecule has 0 aromatic heterocycles. The first-order valence-electron chi connectivity index (χ1n) is 9.80. The van der Waals surface area contributed by atoms with Crippen LogP contribution in [-0.2, 0) is 14.4 Å². The summed E-state index contributed by atoms with van der Waals surface area (Å²) in [4.78, 5) is 37.7. The summed E-state index contributed by atoms with van der Waals surface area (Å²) in [6, 6.07) is 0. The SMILES string of the molecule is CSC(C)CCNC(=O)CCCCCCN1C(=O)CC(C(C)(C)C)C1=O. The minimum Gasteiger partial charge on any atom is -0.356 e. The van der Waals surface area contributed by atoms with Gasteiger partial charge in [-0.1, -0.05) is 40.5 Å². The predicted molar refractivity (Wildman–Crippen MR) is 108 cm³/mol. The van der Waals surface area contributed by atoms with E-state index in [1.165, 1.54) is 4.90 Å². The third-order valence-electron chi connectivity index (χ3n) is 5.10. The van der Waals surface area contributed by atoms with Crippen molar-refractivity contribution >= 4 is 29.5 Å². The van der Waals surface area contributed by atoms with Crippen molar-refractivity contribution in [3.8, 4) is 0 Å². The van der Waals surface area contributed by atoms with Crippen molar-refractivity contribution in [2.45, 2.75) is 77.9 Å². The molecule has 1 aliphatic heterocycles. The van der Waals surface area contributed by atoms with Gasteiger partial charge in [0.05, 0.1) is 5.92 Å². The normalized spacial score (nSPS) is 19.1. The maximum Gasteiger partial charge on any atom is 0.233 e. The molecule has 1 fully saturated rings. The molecule has 0 saturated carbocycles. The number of rotatable bonds is 11. The standard InChI is InChI=1S/C20H36N2O3S/c1-15(26-5)11-12-21-17(23)10-8-6-7-9-13-22-18(24)14-16(19(22)25)20(2,3)4/h15-16H,6-14H2,1-5H3,(H,21,23). The van der Waals surface area contributed by atoms with Crippen LogP contribution >= 0.6 is 11.8 Å². The van der Waals surface area contributed by atoms with Crippen LogP contribution in [0.4, 0.5) is 0 Å². The van der Waals surface area contributed by atoms with Crippen LogP contribution in [-0.4, -0.2) is 47.2 Å². The van der Waals surface area contributed by atoms with Gasteiger partial charge >= 0.3 is 0 Å². The number of unbranched alkanes of at least 4 members (excludes halogenated alkanes) is 3. The Morgan fingerprint density at radius 3 is 2.46 bits per heavy atom. The first-order valence-corrected chi connectivity index (χ1v) is 11.1. The van der Waals surface area contributed by atoms with E-state index < -0.39 is 0 Å². The van der Waals surface area contributed by atoms with E-state index in [4.69, 9.17) is 0 Å². The van der Waals surface area contributed by atoms with Gasteiger partial charge in [-0.3, -0.25) is 19.3 Å². The number of carbonyl (C=O) groups excluding carboxylic acids is 3. The van der Waals surface area contributed by atoms with Crippen LogP contribution in [0.2, 0.25) is 0 Å². The highest BCUT2D eigenvalue weighted by atomic mass is 32.2. The van der Waals surface area contributed by atoms with Crippen LogP contribution in [0.5, 0.6) is 0 Å². The summed E-state index contributed by atoms with van der Waals surface area (Å²) >= 11 is 1.81. The van der Waals surface area contributed by atoms with Gasteiger partial charge in [-0.15, -0.1) is 0 Å². The second-order valence-corrected chi connectivity index (χ2v) is 9.63. The maximum atomic E-state index is 12.4. The fraction of sp³-hybridized carbons (Fsp3) is 0.850. The molecule has 26 heavy (non-hydrogen) atoms. The monoisotopic (exact) mass is 384 g/mol. The average molecular weight is 385 g/mol. The molecule has 6 heteroatoms. The first kappa shape index (κ1) is 23.0. The van der Waals surface area contributed by atoms with Gasteiger partial charge in [0.25, 0.3) is 0 Å². The van der Waals surface area contributed by atoms with Crippen LogP contribution in [0.1, 0.15) is 72.6 Å². The van der Waals surface area contributed by atoms with E-state index in [2.05, 4.69) is 18.5 Å². The van der Waals surface area contributed by atoms with Gasteiger partial charge in [-0.25, -0.2) is 0 Å². The van der Waals surface area contributed by atoms with E-state index in [9.17, 15) is 14.4 Å². The average Bonchev–Trinajstić information content (AvgIpc) is 2.85. The van der Waals surface area contributed by atoms with Crippen molar-refractivity contribution in [3.63, 3.8) is 0 Å². The number of likely N-dealkylation sites (tertiary alicyclic amines) is 1. The molecule has 0 radical (unpaired) electrons.